The molecule has 0 aliphatic rings. The number of aliphatic carboxylic acids is 2. The summed E-state index contributed by atoms with van der Waals surface area (Å²) in [5, 5.41) is 24.8. The van der Waals surface area contributed by atoms with Crippen molar-refractivity contribution in [2.75, 3.05) is 6.54 Å². The number of carbonyl (C=O) groups excluding carboxylic acids is 2. The molecule has 4 N–H and O–H groups in total. The van der Waals surface area contributed by atoms with E-state index in [1.807, 2.05) is 27.7 Å². The van der Waals surface area contributed by atoms with Crippen LogP contribution in [0.5, 0.6) is 0 Å². The van der Waals surface area contributed by atoms with Crippen molar-refractivity contribution in [3.8, 4) is 0 Å². The fourth-order valence-electron chi connectivity index (χ4n) is 3.78. The summed E-state index contributed by atoms with van der Waals surface area (Å²) in [5.74, 6) is -2.92. The Bertz CT molecular complexity index is 623. The van der Waals surface area contributed by atoms with Gasteiger partial charge >= 0.3 is 11.9 Å². The predicted molar refractivity (Wildman–Crippen MR) is 115 cm³/mol. The molecule has 0 rings (SSSR count). The lowest BCUT2D eigenvalue weighted by Gasteiger charge is -2.47. The van der Waals surface area contributed by atoms with Gasteiger partial charge in [0.25, 0.3) is 0 Å². The van der Waals surface area contributed by atoms with Crippen LogP contribution in [0.15, 0.2) is 0 Å². The molecule has 8 nitrogen and oxygen atoms in total. The molecule has 0 aromatic heterocycles. The van der Waals surface area contributed by atoms with Crippen molar-refractivity contribution in [1.29, 1.82) is 0 Å². The molecule has 0 aliphatic heterocycles. The van der Waals surface area contributed by atoms with Crippen molar-refractivity contribution in [2.45, 2.75) is 98.2 Å². The molecule has 0 spiro atoms. The van der Waals surface area contributed by atoms with E-state index in [-0.39, 0.29) is 30.3 Å². The molecule has 0 saturated heterocycles. The molecule has 0 radical (unpaired) electrons. The minimum absolute atomic E-state index is 0.187. The van der Waals surface area contributed by atoms with Gasteiger partial charge in [0.05, 0.1) is 12.5 Å². The second-order valence-electron chi connectivity index (χ2n) is 8.45. The number of hydrogen-bond donors (Lipinski definition) is 4. The van der Waals surface area contributed by atoms with Crippen LogP contribution in [-0.2, 0) is 19.2 Å². The van der Waals surface area contributed by atoms with E-state index < -0.39 is 35.0 Å². The first-order valence-corrected chi connectivity index (χ1v) is 10.9. The molecule has 0 saturated carbocycles. The molecule has 0 amide bonds. The number of nitrogens with one attached hydrogen (secondary N) is 2. The number of Topliss-reactive ketones (excluding diaryl/α,β-unsaturated/α-hetero) is 2. The molecule has 0 aromatic carbocycles. The van der Waals surface area contributed by atoms with Crippen molar-refractivity contribution < 1.29 is 29.4 Å². The van der Waals surface area contributed by atoms with E-state index in [4.69, 9.17) is 0 Å². The first-order chi connectivity index (χ1) is 13.8. The van der Waals surface area contributed by atoms with E-state index in [9.17, 15) is 29.4 Å². The highest BCUT2D eigenvalue weighted by molar-refractivity contribution is 5.92. The third-order valence-corrected chi connectivity index (χ3v) is 6.70. The minimum atomic E-state index is -1.09. The fourth-order valence-corrected chi connectivity index (χ4v) is 3.78. The van der Waals surface area contributed by atoms with Crippen LogP contribution in [0.1, 0.15) is 80.6 Å². The summed E-state index contributed by atoms with van der Waals surface area (Å²) >= 11 is 0. The predicted octanol–water partition coefficient (Wildman–Crippen LogP) is 2.64. The van der Waals surface area contributed by atoms with Crippen LogP contribution in [0.3, 0.4) is 0 Å². The fraction of sp³-hybridized carbons (Fsp3) is 0.818. The van der Waals surface area contributed by atoms with E-state index in [0.29, 0.717) is 25.8 Å². The highest BCUT2D eigenvalue weighted by Gasteiger charge is 2.49. The molecule has 5 unspecified atom stereocenters. The van der Waals surface area contributed by atoms with Crippen LogP contribution in [0, 0.1) is 11.3 Å². The van der Waals surface area contributed by atoms with Gasteiger partial charge < -0.3 is 20.8 Å². The summed E-state index contributed by atoms with van der Waals surface area (Å²) < 4.78 is 0. The van der Waals surface area contributed by atoms with Crippen LogP contribution in [0.25, 0.3) is 0 Å². The highest BCUT2D eigenvalue weighted by atomic mass is 16.4. The molecule has 30 heavy (non-hydrogen) atoms. The second kappa shape index (κ2) is 12.2. The zero-order valence-corrected chi connectivity index (χ0v) is 19.5. The first kappa shape index (κ1) is 28.2. The van der Waals surface area contributed by atoms with E-state index in [2.05, 4.69) is 10.6 Å². The van der Waals surface area contributed by atoms with Crippen molar-refractivity contribution >= 4 is 23.5 Å². The molecular weight excluding hydrogens is 388 g/mol. The molecule has 0 fully saturated rings. The Kier molecular flexibility index (Phi) is 11.4. The number of carbonyl (C=O) groups is 4. The van der Waals surface area contributed by atoms with Gasteiger partial charge in [0.2, 0.25) is 0 Å². The van der Waals surface area contributed by atoms with E-state index in [1.54, 1.807) is 20.8 Å². The number of likely N-dealkylation sites (N-methyl/N-ethyl adjacent to an activating group) is 1. The Morgan fingerprint density at radius 2 is 1.47 bits per heavy atom. The maximum Gasteiger partial charge on any atom is 0.321 e. The molecular formula is C22H40N2O6. The molecule has 8 heteroatoms. The topological polar surface area (TPSA) is 133 Å². The summed E-state index contributed by atoms with van der Waals surface area (Å²) in [6, 6.07) is -1.92. The first-order valence-electron chi connectivity index (χ1n) is 10.9. The standard InChI is InChI=1S/C22H40N2O6/c1-8-14(5)19(28)15(13-18(26)27)24-22(7,10-3)21(6,9-2)17(25)12-16(20(29)30)23-11-4/h14-16,23-24H,8-13H2,1-7H3,(H,26,27)(H,29,30). The molecule has 0 bridgehead atoms. The summed E-state index contributed by atoms with van der Waals surface area (Å²) in [5.41, 5.74) is -1.88. The van der Waals surface area contributed by atoms with Crippen molar-refractivity contribution in [3.05, 3.63) is 0 Å². The summed E-state index contributed by atoms with van der Waals surface area (Å²) in [4.78, 5) is 49.1. The summed E-state index contributed by atoms with van der Waals surface area (Å²) in [7, 11) is 0. The molecule has 0 heterocycles. The largest absolute Gasteiger partial charge is 0.481 e. The van der Waals surface area contributed by atoms with E-state index in [1.165, 1.54) is 0 Å². The quantitative estimate of drug-likeness (QED) is 0.295. The van der Waals surface area contributed by atoms with Gasteiger partial charge in [-0.15, -0.1) is 0 Å². The zero-order chi connectivity index (χ0) is 23.7. The Balaban J connectivity index is 5.99. The van der Waals surface area contributed by atoms with Gasteiger partial charge in [-0.1, -0.05) is 41.5 Å². The average Bonchev–Trinajstić information content (AvgIpc) is 2.70. The number of carboxylic acids is 2. The monoisotopic (exact) mass is 428 g/mol. The van der Waals surface area contributed by atoms with Crippen molar-refractivity contribution in [1.82, 2.24) is 10.6 Å². The maximum atomic E-state index is 13.3. The Hall–Kier alpha value is -1.80. The van der Waals surface area contributed by atoms with Crippen molar-refractivity contribution in [2.24, 2.45) is 11.3 Å². The lowest BCUT2D eigenvalue weighted by molar-refractivity contribution is -0.145. The van der Waals surface area contributed by atoms with Crippen LogP contribution < -0.4 is 10.6 Å². The second-order valence-corrected chi connectivity index (χ2v) is 8.45. The van der Waals surface area contributed by atoms with E-state index in [0.717, 1.165) is 0 Å². The van der Waals surface area contributed by atoms with Gasteiger partial charge in [-0.05, 0) is 32.7 Å². The van der Waals surface area contributed by atoms with Gasteiger partial charge in [0.15, 0.2) is 5.78 Å². The Labute approximate surface area is 180 Å². The number of ketones is 2. The molecule has 0 aromatic rings. The van der Waals surface area contributed by atoms with Gasteiger partial charge in [-0.3, -0.25) is 19.2 Å². The van der Waals surface area contributed by atoms with Crippen molar-refractivity contribution in [3.63, 3.8) is 0 Å². The summed E-state index contributed by atoms with van der Waals surface area (Å²) in [6.45, 7) is 13.1. The lowest BCUT2D eigenvalue weighted by Crippen LogP contribution is -2.63. The average molecular weight is 429 g/mol. The molecule has 174 valence electrons. The number of carboxylic acid groups (broad SMARTS) is 2. The maximum absolute atomic E-state index is 13.3. The minimum Gasteiger partial charge on any atom is -0.481 e. The number of hydrogen-bond acceptors (Lipinski definition) is 6. The molecule has 0 aliphatic carbocycles. The third-order valence-electron chi connectivity index (χ3n) is 6.70. The summed E-state index contributed by atoms with van der Waals surface area (Å²) in [6.07, 6.45) is 0.910. The highest BCUT2D eigenvalue weighted by Crippen LogP contribution is 2.40. The smallest absolute Gasteiger partial charge is 0.321 e. The Morgan fingerprint density at radius 1 is 0.900 bits per heavy atom. The van der Waals surface area contributed by atoms with Gasteiger partial charge in [0.1, 0.15) is 11.8 Å². The van der Waals surface area contributed by atoms with E-state index >= 15 is 0 Å². The number of rotatable bonds is 16. The van der Waals surface area contributed by atoms with Crippen LogP contribution in [-0.4, -0.2) is 57.9 Å². The van der Waals surface area contributed by atoms with Crippen LogP contribution >= 0.6 is 0 Å². The van der Waals surface area contributed by atoms with Gasteiger partial charge in [0, 0.05) is 23.3 Å². The van der Waals surface area contributed by atoms with Gasteiger partial charge in [-0.2, -0.15) is 0 Å². The normalized spacial score (nSPS) is 18.5. The Morgan fingerprint density at radius 3 is 1.83 bits per heavy atom. The third kappa shape index (κ3) is 6.87. The van der Waals surface area contributed by atoms with Crippen LogP contribution in [0.2, 0.25) is 0 Å². The zero-order valence-electron chi connectivity index (χ0n) is 19.5. The lowest BCUT2D eigenvalue weighted by atomic mass is 9.64. The van der Waals surface area contributed by atoms with Gasteiger partial charge in [-0.25, -0.2) is 0 Å². The SMILES string of the molecule is CCNC(CC(=O)C(C)(CC)C(C)(CC)NC(CC(=O)O)C(=O)C(C)CC)C(=O)O. The van der Waals surface area contributed by atoms with Crippen LogP contribution in [0.4, 0.5) is 0 Å². The molecule has 5 atom stereocenters.